The second kappa shape index (κ2) is 11.9. The smallest absolute Gasteiger partial charge is 0.253 e. The number of nitrogens with one attached hydrogen (secondary N) is 2. The van der Waals surface area contributed by atoms with Crippen LogP contribution < -0.4 is 10.6 Å². The molecular weight excluding hydrogens is 403 g/mol. The molecule has 0 unspecified atom stereocenters. The highest BCUT2D eigenvalue weighted by atomic mass is 127. The maximum Gasteiger partial charge on any atom is 0.253 e. The lowest BCUT2D eigenvalue weighted by atomic mass is 10.1. The first-order valence-corrected chi connectivity index (χ1v) is 7.59. The zero-order valence-corrected chi connectivity index (χ0v) is 16.5. The number of benzene rings is 1. The molecule has 0 radical (unpaired) electrons. The maximum absolute atomic E-state index is 12.2. The lowest BCUT2D eigenvalue weighted by Gasteiger charge is -2.18. The van der Waals surface area contributed by atoms with E-state index in [1.54, 1.807) is 13.1 Å². The molecule has 0 aliphatic rings. The van der Waals surface area contributed by atoms with Crippen LogP contribution in [0.2, 0.25) is 0 Å². The van der Waals surface area contributed by atoms with E-state index in [1.165, 1.54) is 0 Å². The van der Waals surface area contributed by atoms with E-state index in [9.17, 15) is 4.79 Å². The van der Waals surface area contributed by atoms with Gasteiger partial charge in [-0.25, -0.2) is 0 Å². The molecule has 0 atom stereocenters. The van der Waals surface area contributed by atoms with E-state index in [0.29, 0.717) is 13.1 Å². The highest BCUT2D eigenvalue weighted by Crippen LogP contribution is 2.07. The van der Waals surface area contributed by atoms with Gasteiger partial charge in [-0.2, -0.15) is 0 Å². The third kappa shape index (κ3) is 7.02. The SMILES string of the molecule is C=CCNC(=NC)NCc1ccc(C(=O)N(CC)CC)cc1.I. The minimum atomic E-state index is 0. The average Bonchev–Trinajstić information content (AvgIpc) is 2.56. The molecule has 0 spiro atoms. The first kappa shape index (κ1) is 21.4. The molecule has 0 heterocycles. The number of carbonyl (C=O) groups is 1. The van der Waals surface area contributed by atoms with Crippen LogP contribution in [0.15, 0.2) is 41.9 Å². The van der Waals surface area contributed by atoms with Crippen LogP contribution in [0.5, 0.6) is 0 Å². The van der Waals surface area contributed by atoms with Gasteiger partial charge in [0.1, 0.15) is 0 Å². The molecule has 0 bridgehead atoms. The molecule has 0 aliphatic carbocycles. The lowest BCUT2D eigenvalue weighted by Crippen LogP contribution is -2.36. The molecule has 1 amide bonds. The fraction of sp³-hybridized carbons (Fsp3) is 0.412. The molecular formula is C17H27IN4O. The minimum Gasteiger partial charge on any atom is -0.353 e. The van der Waals surface area contributed by atoms with Crippen molar-refractivity contribution in [2.75, 3.05) is 26.7 Å². The molecule has 0 saturated carbocycles. The van der Waals surface area contributed by atoms with E-state index in [0.717, 1.165) is 30.2 Å². The van der Waals surface area contributed by atoms with Crippen molar-refractivity contribution in [3.63, 3.8) is 0 Å². The highest BCUT2D eigenvalue weighted by molar-refractivity contribution is 14.0. The van der Waals surface area contributed by atoms with Gasteiger partial charge in [-0.05, 0) is 31.5 Å². The van der Waals surface area contributed by atoms with Crippen molar-refractivity contribution in [3.05, 3.63) is 48.0 Å². The third-order valence-corrected chi connectivity index (χ3v) is 3.35. The summed E-state index contributed by atoms with van der Waals surface area (Å²) in [6.45, 7) is 10.4. The Morgan fingerprint density at radius 1 is 1.22 bits per heavy atom. The van der Waals surface area contributed by atoms with Crippen molar-refractivity contribution in [1.82, 2.24) is 15.5 Å². The van der Waals surface area contributed by atoms with E-state index in [4.69, 9.17) is 0 Å². The van der Waals surface area contributed by atoms with Gasteiger partial charge in [-0.15, -0.1) is 30.6 Å². The second-order valence-corrected chi connectivity index (χ2v) is 4.77. The second-order valence-electron chi connectivity index (χ2n) is 4.77. The molecule has 0 aliphatic heterocycles. The Hall–Kier alpha value is -1.57. The van der Waals surface area contributed by atoms with Gasteiger partial charge in [0.15, 0.2) is 5.96 Å². The molecule has 128 valence electrons. The number of hydrogen-bond donors (Lipinski definition) is 2. The largest absolute Gasteiger partial charge is 0.353 e. The molecule has 0 aromatic heterocycles. The number of rotatable bonds is 7. The molecule has 6 heteroatoms. The van der Waals surface area contributed by atoms with Gasteiger partial charge in [0.2, 0.25) is 0 Å². The molecule has 1 rings (SSSR count). The van der Waals surface area contributed by atoms with Crippen LogP contribution in [0.1, 0.15) is 29.8 Å². The predicted octanol–water partition coefficient (Wildman–Crippen LogP) is 2.64. The summed E-state index contributed by atoms with van der Waals surface area (Å²) < 4.78 is 0. The van der Waals surface area contributed by atoms with Gasteiger partial charge in [0.25, 0.3) is 5.91 Å². The Kier molecular flexibility index (Phi) is 11.1. The van der Waals surface area contributed by atoms with Crippen LogP contribution in [0, 0.1) is 0 Å². The van der Waals surface area contributed by atoms with Crippen LogP contribution in [0.3, 0.4) is 0 Å². The number of aliphatic imine (C=N–C) groups is 1. The highest BCUT2D eigenvalue weighted by Gasteiger charge is 2.11. The Labute approximate surface area is 156 Å². The quantitative estimate of drug-likeness (QED) is 0.303. The van der Waals surface area contributed by atoms with Crippen molar-refractivity contribution < 1.29 is 4.79 Å². The summed E-state index contributed by atoms with van der Waals surface area (Å²) in [6, 6.07) is 7.67. The summed E-state index contributed by atoms with van der Waals surface area (Å²) in [5.41, 5.74) is 1.82. The Balaban J connectivity index is 0.00000484. The number of amides is 1. The summed E-state index contributed by atoms with van der Waals surface area (Å²) >= 11 is 0. The summed E-state index contributed by atoms with van der Waals surface area (Å²) in [5, 5.41) is 6.32. The van der Waals surface area contributed by atoms with Crippen LogP contribution in [-0.4, -0.2) is 43.4 Å². The summed E-state index contributed by atoms with van der Waals surface area (Å²) in [5.74, 6) is 0.802. The Bertz CT molecular complexity index is 510. The predicted molar refractivity (Wildman–Crippen MR) is 108 cm³/mol. The zero-order chi connectivity index (χ0) is 16.4. The summed E-state index contributed by atoms with van der Waals surface area (Å²) in [7, 11) is 1.73. The van der Waals surface area contributed by atoms with Crippen molar-refractivity contribution in [3.8, 4) is 0 Å². The van der Waals surface area contributed by atoms with Crippen molar-refractivity contribution in [2.45, 2.75) is 20.4 Å². The first-order valence-electron chi connectivity index (χ1n) is 7.59. The van der Waals surface area contributed by atoms with Crippen LogP contribution in [0.25, 0.3) is 0 Å². The van der Waals surface area contributed by atoms with Gasteiger partial charge in [0, 0.05) is 38.8 Å². The molecule has 5 nitrogen and oxygen atoms in total. The minimum absolute atomic E-state index is 0. The zero-order valence-electron chi connectivity index (χ0n) is 14.1. The maximum atomic E-state index is 12.2. The standard InChI is InChI=1S/C17H26N4O.HI/c1-5-12-19-17(18-4)20-13-14-8-10-15(11-9-14)16(22)21(6-2)7-3;/h5,8-11H,1,6-7,12-13H2,2-4H3,(H2,18,19,20);1H. The Morgan fingerprint density at radius 2 is 1.83 bits per heavy atom. The fourth-order valence-corrected chi connectivity index (χ4v) is 2.03. The molecule has 0 fully saturated rings. The molecule has 2 N–H and O–H groups in total. The first-order chi connectivity index (χ1) is 10.7. The fourth-order valence-electron chi connectivity index (χ4n) is 2.03. The van der Waals surface area contributed by atoms with E-state index < -0.39 is 0 Å². The van der Waals surface area contributed by atoms with Crippen molar-refractivity contribution >= 4 is 35.8 Å². The number of carbonyl (C=O) groups excluding carboxylic acids is 1. The van der Waals surface area contributed by atoms with Gasteiger partial charge in [0.05, 0.1) is 0 Å². The Morgan fingerprint density at radius 3 is 2.30 bits per heavy atom. The van der Waals surface area contributed by atoms with E-state index in [-0.39, 0.29) is 29.9 Å². The molecule has 0 saturated heterocycles. The number of nitrogens with zero attached hydrogens (tertiary/aromatic N) is 2. The van der Waals surface area contributed by atoms with Crippen LogP contribution in [0.4, 0.5) is 0 Å². The van der Waals surface area contributed by atoms with Crippen molar-refractivity contribution in [1.29, 1.82) is 0 Å². The molecule has 23 heavy (non-hydrogen) atoms. The lowest BCUT2D eigenvalue weighted by molar-refractivity contribution is 0.0773. The number of guanidine groups is 1. The summed E-state index contributed by atoms with van der Waals surface area (Å²) in [4.78, 5) is 18.2. The molecule has 1 aromatic carbocycles. The van der Waals surface area contributed by atoms with E-state index in [1.807, 2.05) is 43.0 Å². The normalized spacial score (nSPS) is 10.5. The van der Waals surface area contributed by atoms with Gasteiger partial charge < -0.3 is 15.5 Å². The van der Waals surface area contributed by atoms with Crippen LogP contribution >= 0.6 is 24.0 Å². The van der Waals surface area contributed by atoms with Crippen molar-refractivity contribution in [2.24, 2.45) is 4.99 Å². The average molecular weight is 430 g/mol. The van der Waals surface area contributed by atoms with Gasteiger partial charge in [-0.3, -0.25) is 9.79 Å². The number of hydrogen-bond acceptors (Lipinski definition) is 2. The molecule has 1 aromatic rings. The van der Waals surface area contributed by atoms with E-state index >= 15 is 0 Å². The number of halogens is 1. The topological polar surface area (TPSA) is 56.7 Å². The van der Waals surface area contributed by atoms with Gasteiger partial charge >= 0.3 is 0 Å². The third-order valence-electron chi connectivity index (χ3n) is 3.35. The van der Waals surface area contributed by atoms with Crippen LogP contribution in [-0.2, 0) is 6.54 Å². The monoisotopic (exact) mass is 430 g/mol. The van der Waals surface area contributed by atoms with Gasteiger partial charge in [-0.1, -0.05) is 18.2 Å². The summed E-state index contributed by atoms with van der Waals surface area (Å²) in [6.07, 6.45) is 1.78. The van der Waals surface area contributed by atoms with E-state index in [2.05, 4.69) is 22.2 Å².